The molecule has 0 radical (unpaired) electrons. The summed E-state index contributed by atoms with van der Waals surface area (Å²) in [6, 6.07) is 0.539. The first kappa shape index (κ1) is 11.5. The first-order chi connectivity index (χ1) is 6.61. The van der Waals surface area contributed by atoms with Crippen LogP contribution in [0.4, 0.5) is 0 Å². The molecule has 4 nitrogen and oxygen atoms in total. The Labute approximate surface area is 89.3 Å². The van der Waals surface area contributed by atoms with Gasteiger partial charge < -0.3 is 5.32 Å². The van der Waals surface area contributed by atoms with Gasteiger partial charge in [-0.3, -0.25) is 5.10 Å². The van der Waals surface area contributed by atoms with Crippen molar-refractivity contribution in [1.29, 1.82) is 0 Å². The summed E-state index contributed by atoms with van der Waals surface area (Å²) < 4.78 is 0. The highest BCUT2D eigenvalue weighted by molar-refractivity contribution is 7.99. The van der Waals surface area contributed by atoms with Crippen LogP contribution < -0.4 is 5.32 Å². The van der Waals surface area contributed by atoms with Gasteiger partial charge in [-0.2, -0.15) is 0 Å². The normalized spacial score (nSPS) is 15.4. The van der Waals surface area contributed by atoms with Crippen LogP contribution in [0.1, 0.15) is 26.1 Å². The number of hydrogen-bond acceptors (Lipinski definition) is 4. The minimum Gasteiger partial charge on any atom is -0.317 e. The van der Waals surface area contributed by atoms with Crippen LogP contribution in [0.25, 0.3) is 0 Å². The van der Waals surface area contributed by atoms with Crippen LogP contribution in [0.5, 0.6) is 0 Å². The fraction of sp³-hybridized carbons (Fsp3) is 0.778. The second kappa shape index (κ2) is 5.36. The molecule has 0 amide bonds. The third-order valence-corrected chi connectivity index (χ3v) is 3.05. The maximum absolute atomic E-state index is 4.26. The lowest BCUT2D eigenvalue weighted by atomic mass is 10.2. The topological polar surface area (TPSA) is 53.6 Å². The van der Waals surface area contributed by atoms with Gasteiger partial charge in [-0.15, -0.1) is 5.10 Å². The SMILES string of the molecule is CNC(C)CC(C)Sc1n[nH]c(C)n1. The molecule has 2 N–H and O–H groups in total. The van der Waals surface area contributed by atoms with E-state index in [0.717, 1.165) is 17.4 Å². The zero-order valence-corrected chi connectivity index (χ0v) is 9.98. The smallest absolute Gasteiger partial charge is 0.208 e. The van der Waals surface area contributed by atoms with E-state index in [9.17, 15) is 0 Å². The molecule has 0 bridgehead atoms. The Morgan fingerprint density at radius 2 is 2.21 bits per heavy atom. The summed E-state index contributed by atoms with van der Waals surface area (Å²) >= 11 is 1.71. The summed E-state index contributed by atoms with van der Waals surface area (Å²) in [5.74, 6) is 0.876. The Hall–Kier alpha value is -0.550. The minimum absolute atomic E-state index is 0.535. The molecular formula is C9H18N4S. The molecule has 0 saturated carbocycles. The highest BCUT2D eigenvalue weighted by atomic mass is 32.2. The van der Waals surface area contributed by atoms with Gasteiger partial charge in [0.1, 0.15) is 5.82 Å². The third-order valence-electron chi connectivity index (χ3n) is 2.06. The third kappa shape index (κ3) is 3.67. The number of nitrogens with one attached hydrogen (secondary N) is 2. The first-order valence-electron chi connectivity index (χ1n) is 4.84. The fourth-order valence-corrected chi connectivity index (χ4v) is 2.25. The number of nitrogens with zero attached hydrogens (tertiary/aromatic N) is 2. The Morgan fingerprint density at radius 1 is 1.50 bits per heavy atom. The van der Waals surface area contributed by atoms with Crippen molar-refractivity contribution < 1.29 is 0 Å². The van der Waals surface area contributed by atoms with Crippen LogP contribution in [-0.4, -0.2) is 33.5 Å². The van der Waals surface area contributed by atoms with Gasteiger partial charge in [0.2, 0.25) is 5.16 Å². The van der Waals surface area contributed by atoms with Crippen molar-refractivity contribution in [3.05, 3.63) is 5.82 Å². The predicted molar refractivity (Wildman–Crippen MR) is 59.6 cm³/mol. The number of thioether (sulfide) groups is 1. The van der Waals surface area contributed by atoms with Crippen LogP contribution in [-0.2, 0) is 0 Å². The summed E-state index contributed by atoms with van der Waals surface area (Å²) in [5.41, 5.74) is 0. The molecular weight excluding hydrogens is 196 g/mol. The summed E-state index contributed by atoms with van der Waals surface area (Å²) in [5, 5.41) is 11.5. The molecule has 80 valence electrons. The van der Waals surface area contributed by atoms with Crippen molar-refractivity contribution in [2.75, 3.05) is 7.05 Å². The van der Waals surface area contributed by atoms with E-state index in [4.69, 9.17) is 0 Å². The lowest BCUT2D eigenvalue weighted by molar-refractivity contribution is 0.563. The largest absolute Gasteiger partial charge is 0.317 e. The van der Waals surface area contributed by atoms with Crippen molar-refractivity contribution >= 4 is 11.8 Å². The molecule has 0 aliphatic rings. The van der Waals surface area contributed by atoms with Gasteiger partial charge in [-0.25, -0.2) is 4.98 Å². The number of hydrogen-bond donors (Lipinski definition) is 2. The monoisotopic (exact) mass is 214 g/mol. The Balaban J connectivity index is 2.37. The fourth-order valence-electron chi connectivity index (χ4n) is 1.22. The lowest BCUT2D eigenvalue weighted by Crippen LogP contribution is -2.24. The Kier molecular flexibility index (Phi) is 4.41. The Morgan fingerprint density at radius 3 is 2.71 bits per heavy atom. The predicted octanol–water partition coefficient (Wildman–Crippen LogP) is 1.59. The van der Waals surface area contributed by atoms with Crippen LogP contribution in [0, 0.1) is 6.92 Å². The minimum atomic E-state index is 0.535. The second-order valence-corrected chi connectivity index (χ2v) is 4.96. The number of rotatable bonds is 5. The zero-order valence-electron chi connectivity index (χ0n) is 9.16. The van der Waals surface area contributed by atoms with Gasteiger partial charge in [0.05, 0.1) is 0 Å². The van der Waals surface area contributed by atoms with Crippen molar-refractivity contribution in [2.24, 2.45) is 0 Å². The lowest BCUT2D eigenvalue weighted by Gasteiger charge is -2.14. The average Bonchev–Trinajstić information content (AvgIpc) is 2.50. The Bertz CT molecular complexity index is 274. The number of aromatic nitrogens is 3. The summed E-state index contributed by atoms with van der Waals surface area (Å²) in [6.07, 6.45) is 1.12. The van der Waals surface area contributed by atoms with E-state index >= 15 is 0 Å². The standard InChI is InChI=1S/C9H18N4S/c1-6(10-4)5-7(2)14-9-11-8(3)12-13-9/h6-7,10H,5H2,1-4H3,(H,11,12,13). The van der Waals surface area contributed by atoms with E-state index < -0.39 is 0 Å². The molecule has 0 aliphatic carbocycles. The van der Waals surface area contributed by atoms with E-state index in [2.05, 4.69) is 34.3 Å². The van der Waals surface area contributed by atoms with Crippen molar-refractivity contribution in [3.63, 3.8) is 0 Å². The van der Waals surface area contributed by atoms with Crippen molar-refractivity contribution in [3.8, 4) is 0 Å². The molecule has 0 fully saturated rings. The second-order valence-electron chi connectivity index (χ2n) is 3.56. The van der Waals surface area contributed by atoms with Crippen LogP contribution in [0.15, 0.2) is 5.16 Å². The molecule has 0 aromatic carbocycles. The van der Waals surface area contributed by atoms with Gasteiger partial charge in [-0.05, 0) is 27.3 Å². The summed E-state index contributed by atoms with van der Waals surface area (Å²) in [7, 11) is 1.99. The van der Waals surface area contributed by atoms with E-state index in [1.807, 2.05) is 14.0 Å². The van der Waals surface area contributed by atoms with Crippen LogP contribution in [0.3, 0.4) is 0 Å². The van der Waals surface area contributed by atoms with E-state index in [0.29, 0.717) is 11.3 Å². The summed E-state index contributed by atoms with van der Waals surface area (Å²) in [6.45, 7) is 6.29. The number of H-pyrrole nitrogens is 1. The molecule has 2 atom stereocenters. The van der Waals surface area contributed by atoms with Gasteiger partial charge in [0, 0.05) is 11.3 Å². The quantitative estimate of drug-likeness (QED) is 0.731. The molecule has 2 unspecified atom stereocenters. The maximum Gasteiger partial charge on any atom is 0.208 e. The molecule has 1 heterocycles. The van der Waals surface area contributed by atoms with Crippen LogP contribution >= 0.6 is 11.8 Å². The molecule has 1 aromatic heterocycles. The van der Waals surface area contributed by atoms with Crippen LogP contribution in [0.2, 0.25) is 0 Å². The van der Waals surface area contributed by atoms with E-state index in [-0.39, 0.29) is 0 Å². The average molecular weight is 214 g/mol. The van der Waals surface area contributed by atoms with Gasteiger partial charge in [0.15, 0.2) is 0 Å². The molecule has 0 saturated heterocycles. The van der Waals surface area contributed by atoms with Crippen molar-refractivity contribution in [2.45, 2.75) is 43.6 Å². The molecule has 0 spiro atoms. The van der Waals surface area contributed by atoms with E-state index in [1.165, 1.54) is 0 Å². The van der Waals surface area contributed by atoms with Crippen molar-refractivity contribution in [1.82, 2.24) is 20.5 Å². The molecule has 14 heavy (non-hydrogen) atoms. The zero-order chi connectivity index (χ0) is 10.6. The highest BCUT2D eigenvalue weighted by Gasteiger charge is 2.10. The number of aromatic amines is 1. The van der Waals surface area contributed by atoms with E-state index in [1.54, 1.807) is 11.8 Å². The van der Waals surface area contributed by atoms with Gasteiger partial charge in [0.25, 0.3) is 0 Å². The molecule has 5 heteroatoms. The first-order valence-corrected chi connectivity index (χ1v) is 5.72. The van der Waals surface area contributed by atoms with Gasteiger partial charge >= 0.3 is 0 Å². The molecule has 0 aliphatic heterocycles. The maximum atomic E-state index is 4.26. The molecule has 1 aromatic rings. The number of aryl methyl sites for hydroxylation is 1. The highest BCUT2D eigenvalue weighted by Crippen LogP contribution is 2.22. The van der Waals surface area contributed by atoms with Gasteiger partial charge in [-0.1, -0.05) is 18.7 Å². The summed E-state index contributed by atoms with van der Waals surface area (Å²) in [4.78, 5) is 4.26. The molecule has 1 rings (SSSR count).